The molecular formula is C50H26N4OS. The second-order valence-corrected chi connectivity index (χ2v) is 15.4. The molecule has 0 spiro atoms. The Labute approximate surface area is 323 Å². The van der Waals surface area contributed by atoms with Gasteiger partial charge in [-0.1, -0.05) is 78.9 Å². The van der Waals surface area contributed by atoms with Crippen molar-refractivity contribution < 1.29 is 4.42 Å². The van der Waals surface area contributed by atoms with Gasteiger partial charge in [0.2, 0.25) is 0 Å². The largest absolute Gasteiger partial charge is 0.456 e. The normalized spacial score (nSPS) is 11.9. The molecule has 4 aromatic heterocycles. The van der Waals surface area contributed by atoms with Crippen LogP contribution in [0.15, 0.2) is 162 Å². The maximum absolute atomic E-state index is 10.7. The van der Waals surface area contributed by atoms with Crippen LogP contribution in [0.1, 0.15) is 11.1 Å². The Morgan fingerprint density at radius 1 is 0.429 bits per heavy atom. The Balaban J connectivity index is 1.07. The van der Waals surface area contributed by atoms with Gasteiger partial charge in [0.05, 0.1) is 45.3 Å². The molecule has 6 heteroatoms. The van der Waals surface area contributed by atoms with E-state index in [0.717, 1.165) is 88.1 Å². The number of thiophene rings is 1. The molecule has 0 bridgehead atoms. The fourth-order valence-corrected chi connectivity index (χ4v) is 10.0. The van der Waals surface area contributed by atoms with Crippen LogP contribution < -0.4 is 0 Å². The number of rotatable bonds is 3. The molecule has 0 aliphatic rings. The van der Waals surface area contributed by atoms with E-state index in [9.17, 15) is 10.5 Å². The van der Waals surface area contributed by atoms with Gasteiger partial charge in [-0.2, -0.15) is 10.5 Å². The van der Waals surface area contributed by atoms with E-state index in [4.69, 9.17) is 4.42 Å². The van der Waals surface area contributed by atoms with Crippen molar-refractivity contribution in [1.82, 2.24) is 9.13 Å². The van der Waals surface area contributed by atoms with E-state index in [-0.39, 0.29) is 0 Å². The zero-order valence-corrected chi connectivity index (χ0v) is 30.4. The van der Waals surface area contributed by atoms with E-state index in [0.29, 0.717) is 11.1 Å². The van der Waals surface area contributed by atoms with Crippen molar-refractivity contribution in [2.75, 3.05) is 0 Å². The first-order valence-electron chi connectivity index (χ1n) is 18.4. The third kappa shape index (κ3) is 4.28. The number of nitrogens with zero attached hydrogens (tertiary/aromatic N) is 4. The molecule has 0 atom stereocenters. The topological polar surface area (TPSA) is 70.6 Å². The van der Waals surface area contributed by atoms with Crippen molar-refractivity contribution in [3.05, 3.63) is 169 Å². The smallest absolute Gasteiger partial charge is 0.136 e. The lowest BCUT2D eigenvalue weighted by molar-refractivity contribution is 0.669. The van der Waals surface area contributed by atoms with Crippen LogP contribution in [0.5, 0.6) is 0 Å². The molecule has 0 radical (unpaired) electrons. The van der Waals surface area contributed by atoms with Gasteiger partial charge >= 0.3 is 0 Å². The minimum Gasteiger partial charge on any atom is -0.456 e. The molecule has 0 fully saturated rings. The fraction of sp³-hybridized carbons (Fsp3) is 0. The summed E-state index contributed by atoms with van der Waals surface area (Å²) in [6.45, 7) is 0. The summed E-state index contributed by atoms with van der Waals surface area (Å²) in [7, 11) is 0. The fourth-order valence-electron chi connectivity index (χ4n) is 8.91. The zero-order chi connectivity index (χ0) is 37.1. The molecule has 12 aromatic rings. The van der Waals surface area contributed by atoms with Gasteiger partial charge in [-0.05, 0) is 90.0 Å². The first kappa shape index (κ1) is 30.8. The Morgan fingerprint density at radius 3 is 1.86 bits per heavy atom. The summed E-state index contributed by atoms with van der Waals surface area (Å²) in [5.74, 6) is 0. The highest BCUT2D eigenvalue weighted by Crippen LogP contribution is 2.42. The first-order valence-corrected chi connectivity index (χ1v) is 19.3. The summed E-state index contributed by atoms with van der Waals surface area (Å²) in [6, 6.07) is 59.4. The average molecular weight is 731 g/mol. The number of benzene rings is 8. The number of nitriles is 2. The number of hydrogen-bond donors (Lipinski definition) is 0. The van der Waals surface area contributed by atoms with E-state index in [1.807, 2.05) is 59.9 Å². The molecule has 0 saturated carbocycles. The molecule has 258 valence electrons. The standard InChI is InChI=1S/C50H26N4OS/c51-27-29-19-30(21-33(20-29)54-44-14-6-2-10-36(44)40-26-50-42(24-46(40)54)38-12-4-8-16-49(38)56-50)34-18-17-32(22-31(34)28-52)53-43-13-5-1-9-35(43)39-25-48-41(23-45(39)53)37-11-3-7-15-47(37)55-48/h1-26H. The summed E-state index contributed by atoms with van der Waals surface area (Å²) >= 11 is 1.81. The highest BCUT2D eigenvalue weighted by molar-refractivity contribution is 7.25. The molecule has 0 saturated heterocycles. The van der Waals surface area contributed by atoms with Crippen LogP contribution in [0, 0.1) is 22.7 Å². The van der Waals surface area contributed by atoms with Crippen LogP contribution in [0.3, 0.4) is 0 Å². The van der Waals surface area contributed by atoms with Crippen LogP contribution >= 0.6 is 11.3 Å². The van der Waals surface area contributed by atoms with Gasteiger partial charge in [-0.25, -0.2) is 0 Å². The van der Waals surface area contributed by atoms with E-state index in [1.54, 1.807) is 0 Å². The second kappa shape index (κ2) is 11.4. The molecule has 12 rings (SSSR count). The zero-order valence-electron chi connectivity index (χ0n) is 29.6. The predicted octanol–water partition coefficient (Wildman–Crippen LogP) is 13.6. The lowest BCUT2D eigenvalue weighted by Gasteiger charge is -2.14. The summed E-state index contributed by atoms with van der Waals surface area (Å²) in [5, 5.41) is 30.2. The van der Waals surface area contributed by atoms with Gasteiger partial charge in [0.1, 0.15) is 11.2 Å². The SMILES string of the molecule is N#Cc1cc(-c2ccc(-n3c4ccccc4c4cc5oc6ccccc6c5cc43)cc2C#N)cc(-n2c3ccccc3c3cc4sc5ccccc5c4cc32)c1. The molecule has 4 heterocycles. The maximum Gasteiger partial charge on any atom is 0.136 e. The Bertz CT molecular complexity index is 3750. The molecule has 56 heavy (non-hydrogen) atoms. The van der Waals surface area contributed by atoms with Gasteiger partial charge < -0.3 is 13.6 Å². The lowest BCUT2D eigenvalue weighted by Crippen LogP contribution is -1.98. The molecule has 0 N–H and O–H groups in total. The monoisotopic (exact) mass is 730 g/mol. The van der Waals surface area contributed by atoms with Crippen molar-refractivity contribution >= 4 is 97.1 Å². The van der Waals surface area contributed by atoms with Gasteiger partial charge in [0.25, 0.3) is 0 Å². The van der Waals surface area contributed by atoms with Crippen molar-refractivity contribution in [1.29, 1.82) is 10.5 Å². The quantitative estimate of drug-likeness (QED) is 0.182. The molecule has 0 aliphatic heterocycles. The van der Waals surface area contributed by atoms with Crippen LogP contribution in [-0.2, 0) is 0 Å². The third-order valence-electron chi connectivity index (χ3n) is 11.3. The van der Waals surface area contributed by atoms with Gasteiger partial charge in [-0.15, -0.1) is 11.3 Å². The number of furan rings is 1. The van der Waals surface area contributed by atoms with Gasteiger partial charge in [0.15, 0.2) is 0 Å². The van der Waals surface area contributed by atoms with E-state index in [1.165, 1.54) is 20.2 Å². The Kier molecular flexibility index (Phi) is 6.28. The van der Waals surface area contributed by atoms with Crippen molar-refractivity contribution in [2.45, 2.75) is 0 Å². The molecule has 0 unspecified atom stereocenters. The highest BCUT2D eigenvalue weighted by Gasteiger charge is 2.20. The van der Waals surface area contributed by atoms with Crippen molar-refractivity contribution in [3.8, 4) is 34.6 Å². The third-order valence-corrected chi connectivity index (χ3v) is 12.5. The lowest BCUT2D eigenvalue weighted by atomic mass is 9.97. The summed E-state index contributed by atoms with van der Waals surface area (Å²) in [4.78, 5) is 0. The van der Waals surface area contributed by atoms with Crippen LogP contribution in [0.2, 0.25) is 0 Å². The van der Waals surface area contributed by atoms with Gasteiger partial charge in [0, 0.05) is 63.9 Å². The second-order valence-electron chi connectivity index (χ2n) is 14.4. The number of hydrogen-bond acceptors (Lipinski definition) is 4. The van der Waals surface area contributed by atoms with Crippen molar-refractivity contribution in [2.24, 2.45) is 0 Å². The molecular weight excluding hydrogens is 705 g/mol. The first-order chi connectivity index (χ1) is 27.6. The Morgan fingerprint density at radius 2 is 1.09 bits per heavy atom. The van der Waals surface area contributed by atoms with Gasteiger partial charge in [-0.3, -0.25) is 0 Å². The van der Waals surface area contributed by atoms with Crippen LogP contribution in [0.25, 0.3) is 108 Å². The number of para-hydroxylation sites is 3. The minimum atomic E-state index is 0.525. The molecule has 0 amide bonds. The predicted molar refractivity (Wildman–Crippen MR) is 230 cm³/mol. The maximum atomic E-state index is 10.7. The summed E-state index contributed by atoms with van der Waals surface area (Å²) < 4.78 is 13.3. The van der Waals surface area contributed by atoms with Crippen LogP contribution in [0.4, 0.5) is 0 Å². The molecule has 0 aliphatic carbocycles. The highest BCUT2D eigenvalue weighted by atomic mass is 32.1. The summed E-state index contributed by atoms with van der Waals surface area (Å²) in [6.07, 6.45) is 0. The molecule has 8 aromatic carbocycles. The van der Waals surface area contributed by atoms with Crippen LogP contribution in [-0.4, -0.2) is 9.13 Å². The van der Waals surface area contributed by atoms with E-state index in [2.05, 4.69) is 130 Å². The minimum absolute atomic E-state index is 0.525. The number of aromatic nitrogens is 2. The van der Waals surface area contributed by atoms with E-state index < -0.39 is 0 Å². The van der Waals surface area contributed by atoms with E-state index >= 15 is 0 Å². The molecule has 5 nitrogen and oxygen atoms in total. The Hall–Kier alpha value is -7.64. The average Bonchev–Trinajstić information content (AvgIpc) is 3.99. The summed E-state index contributed by atoms with van der Waals surface area (Å²) in [5.41, 5.74) is 10.3. The number of fused-ring (bicyclic) bond motifs is 12. The van der Waals surface area contributed by atoms with Crippen molar-refractivity contribution in [3.63, 3.8) is 0 Å².